The van der Waals surface area contributed by atoms with Crippen molar-refractivity contribution in [2.45, 2.75) is 43.4 Å². The highest BCUT2D eigenvalue weighted by Gasteiger charge is 2.50. The topological polar surface area (TPSA) is 121 Å². The van der Waals surface area contributed by atoms with Gasteiger partial charge in [0.25, 0.3) is 5.91 Å². The van der Waals surface area contributed by atoms with Crippen LogP contribution >= 0.6 is 0 Å². The van der Waals surface area contributed by atoms with Gasteiger partial charge in [-0.3, -0.25) is 14.5 Å². The first-order valence-corrected chi connectivity index (χ1v) is 9.34. The van der Waals surface area contributed by atoms with Crippen LogP contribution in [0.4, 0.5) is 0 Å². The molecule has 0 saturated carbocycles. The summed E-state index contributed by atoms with van der Waals surface area (Å²) in [5, 5.41) is 22.4. The van der Waals surface area contributed by atoms with Crippen LogP contribution in [0.1, 0.15) is 36.5 Å². The van der Waals surface area contributed by atoms with Crippen molar-refractivity contribution >= 4 is 11.9 Å². The molecule has 0 aliphatic carbocycles. The summed E-state index contributed by atoms with van der Waals surface area (Å²) >= 11 is 0. The van der Waals surface area contributed by atoms with Crippen molar-refractivity contribution in [1.82, 2.24) is 15.2 Å². The predicted molar refractivity (Wildman–Crippen MR) is 99.3 cm³/mol. The Hall–Kier alpha value is -2.23. The van der Waals surface area contributed by atoms with E-state index in [9.17, 15) is 14.7 Å². The smallest absolute Gasteiger partial charge is 0.317 e. The predicted octanol–water partition coefficient (Wildman–Crippen LogP) is 0.279. The number of aliphatic carboxylic acids is 1. The van der Waals surface area contributed by atoms with Crippen LogP contribution in [-0.4, -0.2) is 82.6 Å². The van der Waals surface area contributed by atoms with Crippen LogP contribution in [0.15, 0.2) is 18.3 Å². The monoisotopic (exact) mass is 393 g/mol. The number of nitrogens with zero attached hydrogens (tertiary/aromatic N) is 2. The summed E-state index contributed by atoms with van der Waals surface area (Å²) in [7, 11) is 1.50. The molecule has 1 spiro atoms. The number of carboxylic acid groups (broad SMARTS) is 1. The lowest BCUT2D eigenvalue weighted by atomic mass is 9.74. The van der Waals surface area contributed by atoms with Crippen LogP contribution in [0, 0.1) is 0 Å². The quantitative estimate of drug-likeness (QED) is 0.652. The molecule has 0 bridgehead atoms. The maximum Gasteiger partial charge on any atom is 0.317 e. The van der Waals surface area contributed by atoms with Crippen molar-refractivity contribution < 1.29 is 29.3 Å². The normalized spacial score (nSPS) is 27.3. The Morgan fingerprint density at radius 2 is 2.11 bits per heavy atom. The number of piperidine rings is 1. The van der Waals surface area contributed by atoms with Gasteiger partial charge >= 0.3 is 5.97 Å². The van der Waals surface area contributed by atoms with E-state index in [0.29, 0.717) is 43.8 Å². The highest BCUT2D eigenvalue weighted by Crippen LogP contribution is 2.39. The first-order valence-electron chi connectivity index (χ1n) is 9.34. The second-order valence-corrected chi connectivity index (χ2v) is 7.82. The molecular weight excluding hydrogens is 366 g/mol. The van der Waals surface area contributed by atoms with E-state index in [2.05, 4.69) is 10.3 Å². The summed E-state index contributed by atoms with van der Waals surface area (Å²) in [5.41, 5.74) is -0.954. The number of rotatable bonds is 5. The molecule has 3 rings (SSSR count). The van der Waals surface area contributed by atoms with Crippen LogP contribution in [0.2, 0.25) is 0 Å². The highest BCUT2D eigenvalue weighted by molar-refractivity contribution is 5.94. The third-order valence-corrected chi connectivity index (χ3v) is 5.71. The standard InChI is InChI=1S/C19H27N3O6/c1-18(21-17(26)13-3-4-15(27-2)20-9-13)12-19(28-11-14(18)23)5-7-22(8-6-19)10-16(24)25/h3-4,9,14,23H,5-8,10-12H2,1-2H3,(H,21,26)(H,24,25)/t14-,18-/m1/s1. The number of carbonyl (C=O) groups excluding carboxylic acids is 1. The number of carboxylic acids is 1. The van der Waals surface area contributed by atoms with Gasteiger partial charge < -0.3 is 25.0 Å². The van der Waals surface area contributed by atoms with Crippen molar-refractivity contribution in [3.8, 4) is 5.88 Å². The lowest BCUT2D eigenvalue weighted by Crippen LogP contribution is -2.65. The van der Waals surface area contributed by atoms with Crippen molar-refractivity contribution in [3.63, 3.8) is 0 Å². The lowest BCUT2D eigenvalue weighted by Gasteiger charge is -2.51. The molecule has 9 nitrogen and oxygen atoms in total. The largest absolute Gasteiger partial charge is 0.481 e. The summed E-state index contributed by atoms with van der Waals surface area (Å²) in [5.74, 6) is -0.751. The van der Waals surface area contributed by atoms with Crippen LogP contribution in [-0.2, 0) is 9.53 Å². The number of hydrogen-bond acceptors (Lipinski definition) is 7. The van der Waals surface area contributed by atoms with Gasteiger partial charge in [-0.25, -0.2) is 4.98 Å². The average molecular weight is 393 g/mol. The van der Waals surface area contributed by atoms with Gasteiger partial charge in [0.2, 0.25) is 5.88 Å². The molecule has 28 heavy (non-hydrogen) atoms. The molecule has 0 unspecified atom stereocenters. The number of ether oxygens (including phenoxy) is 2. The molecule has 2 aliphatic rings. The minimum absolute atomic E-state index is 0.0111. The average Bonchev–Trinajstić information content (AvgIpc) is 2.67. The fourth-order valence-corrected chi connectivity index (χ4v) is 4.00. The van der Waals surface area contributed by atoms with E-state index in [0.717, 1.165) is 0 Å². The van der Waals surface area contributed by atoms with Crippen LogP contribution in [0.3, 0.4) is 0 Å². The molecule has 1 aromatic heterocycles. The SMILES string of the molecule is COc1ccc(C(=O)N[C@]2(C)CC3(CCN(CC(=O)O)CC3)OC[C@H]2O)cn1. The minimum atomic E-state index is -0.857. The third kappa shape index (κ3) is 4.43. The Morgan fingerprint density at radius 1 is 1.39 bits per heavy atom. The Kier molecular flexibility index (Phi) is 5.87. The summed E-state index contributed by atoms with van der Waals surface area (Å²) in [6.45, 7) is 3.16. The van der Waals surface area contributed by atoms with Gasteiger partial charge in [0.1, 0.15) is 6.10 Å². The number of carbonyl (C=O) groups is 2. The van der Waals surface area contributed by atoms with E-state index in [-0.39, 0.29) is 19.1 Å². The van der Waals surface area contributed by atoms with Gasteiger partial charge in [0.15, 0.2) is 0 Å². The van der Waals surface area contributed by atoms with Gasteiger partial charge in [0.05, 0.1) is 37.0 Å². The first-order chi connectivity index (χ1) is 13.3. The molecule has 3 N–H and O–H groups in total. The molecule has 1 aromatic rings. The van der Waals surface area contributed by atoms with Crippen LogP contribution < -0.4 is 10.1 Å². The molecule has 9 heteroatoms. The van der Waals surface area contributed by atoms with Crippen molar-refractivity contribution in [2.24, 2.45) is 0 Å². The van der Waals surface area contributed by atoms with Crippen LogP contribution in [0.25, 0.3) is 0 Å². The number of pyridine rings is 1. The fourth-order valence-electron chi connectivity index (χ4n) is 4.00. The number of methoxy groups -OCH3 is 1. The molecule has 2 aliphatic heterocycles. The van der Waals surface area contributed by atoms with Gasteiger partial charge in [-0.2, -0.15) is 0 Å². The number of aromatic nitrogens is 1. The van der Waals surface area contributed by atoms with Gasteiger partial charge in [-0.05, 0) is 25.8 Å². The summed E-state index contributed by atoms with van der Waals surface area (Å²) < 4.78 is 11.0. The maximum absolute atomic E-state index is 12.7. The fraction of sp³-hybridized carbons (Fsp3) is 0.632. The Labute approximate surface area is 163 Å². The summed E-state index contributed by atoms with van der Waals surface area (Å²) in [6.07, 6.45) is 2.36. The molecule has 2 fully saturated rings. The second kappa shape index (κ2) is 8.02. The zero-order chi connectivity index (χ0) is 20.4. The molecule has 0 radical (unpaired) electrons. The number of aliphatic hydroxyl groups is 1. The molecule has 3 heterocycles. The number of aliphatic hydroxyl groups excluding tert-OH is 1. The molecule has 0 aromatic carbocycles. The maximum atomic E-state index is 12.7. The van der Waals surface area contributed by atoms with Gasteiger partial charge in [-0.15, -0.1) is 0 Å². The molecule has 2 atom stereocenters. The third-order valence-electron chi connectivity index (χ3n) is 5.71. The zero-order valence-electron chi connectivity index (χ0n) is 16.2. The van der Waals surface area contributed by atoms with E-state index in [1.165, 1.54) is 13.3 Å². The Morgan fingerprint density at radius 3 is 2.68 bits per heavy atom. The van der Waals surface area contributed by atoms with E-state index in [1.54, 1.807) is 12.1 Å². The lowest BCUT2D eigenvalue weighted by molar-refractivity contribution is -0.178. The first kappa shape index (κ1) is 20.5. The molecular formula is C19H27N3O6. The number of nitrogens with one attached hydrogen (secondary N) is 1. The van der Waals surface area contributed by atoms with E-state index in [4.69, 9.17) is 14.6 Å². The molecule has 154 valence electrons. The summed E-state index contributed by atoms with van der Waals surface area (Å²) in [4.78, 5) is 29.5. The van der Waals surface area contributed by atoms with Crippen LogP contribution in [0.5, 0.6) is 5.88 Å². The Balaban J connectivity index is 1.67. The second-order valence-electron chi connectivity index (χ2n) is 7.82. The summed E-state index contributed by atoms with van der Waals surface area (Å²) in [6, 6.07) is 3.23. The van der Waals surface area contributed by atoms with E-state index < -0.39 is 23.2 Å². The number of hydrogen-bond donors (Lipinski definition) is 3. The van der Waals surface area contributed by atoms with Crippen molar-refractivity contribution in [1.29, 1.82) is 0 Å². The number of amides is 1. The van der Waals surface area contributed by atoms with Crippen molar-refractivity contribution in [3.05, 3.63) is 23.9 Å². The molecule has 1 amide bonds. The van der Waals surface area contributed by atoms with E-state index in [1.807, 2.05) is 11.8 Å². The van der Waals surface area contributed by atoms with E-state index >= 15 is 0 Å². The number of likely N-dealkylation sites (tertiary alicyclic amines) is 1. The van der Waals surface area contributed by atoms with Gasteiger partial charge in [0, 0.05) is 31.8 Å². The zero-order valence-corrected chi connectivity index (χ0v) is 16.2. The molecule has 2 saturated heterocycles. The highest BCUT2D eigenvalue weighted by atomic mass is 16.5. The van der Waals surface area contributed by atoms with Crippen molar-refractivity contribution in [2.75, 3.05) is 33.4 Å². The Bertz CT molecular complexity index is 717. The van der Waals surface area contributed by atoms with Gasteiger partial charge in [-0.1, -0.05) is 0 Å². The minimum Gasteiger partial charge on any atom is -0.481 e.